The van der Waals surface area contributed by atoms with Gasteiger partial charge in [0, 0.05) is 10.4 Å². The predicted molar refractivity (Wildman–Crippen MR) is 175 cm³/mol. The number of aryl methyl sites for hydroxylation is 1. The summed E-state index contributed by atoms with van der Waals surface area (Å²) in [5, 5.41) is 6.43. The van der Waals surface area contributed by atoms with E-state index in [1.54, 1.807) is 48.7 Å². The third-order valence-electron chi connectivity index (χ3n) is 6.57. The van der Waals surface area contributed by atoms with E-state index in [4.69, 9.17) is 30.5 Å². The van der Waals surface area contributed by atoms with Crippen molar-refractivity contribution >= 4 is 62.3 Å². The van der Waals surface area contributed by atoms with E-state index in [9.17, 15) is 4.79 Å². The molecule has 0 fully saturated rings. The van der Waals surface area contributed by atoms with Crippen LogP contribution >= 0.6 is 34.2 Å². The van der Waals surface area contributed by atoms with E-state index in [1.807, 2.05) is 37.3 Å². The third kappa shape index (κ3) is 5.77. The molecule has 0 bridgehead atoms. The number of hydrogen-bond donors (Lipinski definition) is 0. The average molecular weight is 690 g/mol. The van der Waals surface area contributed by atoms with Crippen molar-refractivity contribution in [2.24, 2.45) is 5.10 Å². The maximum Gasteiger partial charge on any atom is 0.282 e. The van der Waals surface area contributed by atoms with Gasteiger partial charge in [0.05, 0.1) is 27.3 Å². The number of fused-ring (bicyclic) bond motifs is 2. The minimum atomic E-state index is -0.317. The Bertz CT molecular complexity index is 2030. The maximum absolute atomic E-state index is 13.6. The Kier molecular flexibility index (Phi) is 7.99. The smallest absolute Gasteiger partial charge is 0.282 e. The molecule has 0 unspecified atom stereocenters. The third-order valence-corrected chi connectivity index (χ3v) is 7.61. The van der Waals surface area contributed by atoms with Crippen LogP contribution in [0.15, 0.2) is 99.2 Å². The summed E-state index contributed by atoms with van der Waals surface area (Å²) in [6.45, 7) is 4.85. The first-order valence-corrected chi connectivity index (χ1v) is 14.8. The van der Waals surface area contributed by atoms with E-state index >= 15 is 0 Å². The van der Waals surface area contributed by atoms with Gasteiger partial charge in [-0.1, -0.05) is 53.6 Å². The van der Waals surface area contributed by atoms with Crippen LogP contribution in [0.2, 0.25) is 5.02 Å². The number of halogens is 2. The topological polar surface area (TPSA) is 78.9 Å². The molecule has 210 valence electrons. The lowest BCUT2D eigenvalue weighted by atomic mass is 10.1. The van der Waals surface area contributed by atoms with E-state index < -0.39 is 0 Å². The molecule has 0 aliphatic carbocycles. The normalized spacial score (nSPS) is 11.5. The summed E-state index contributed by atoms with van der Waals surface area (Å²) in [6, 6.07) is 26.3. The van der Waals surface area contributed by atoms with Crippen LogP contribution in [0.25, 0.3) is 33.5 Å². The summed E-state index contributed by atoms with van der Waals surface area (Å²) in [5.74, 6) is 1.93. The number of hydrogen-bond acceptors (Lipinski definition) is 6. The van der Waals surface area contributed by atoms with Crippen LogP contribution in [0, 0.1) is 10.5 Å². The molecule has 7 nitrogen and oxygen atoms in total. The Balaban J connectivity index is 1.40. The summed E-state index contributed by atoms with van der Waals surface area (Å²) in [6.07, 6.45) is 1.61. The highest BCUT2D eigenvalue weighted by molar-refractivity contribution is 14.1. The van der Waals surface area contributed by atoms with Gasteiger partial charge in [0.2, 0.25) is 5.82 Å². The zero-order chi connectivity index (χ0) is 29.2. The first kappa shape index (κ1) is 28.0. The van der Waals surface area contributed by atoms with Crippen LogP contribution in [0.5, 0.6) is 11.5 Å². The molecular formula is C33H25ClIN3O4. The van der Waals surface area contributed by atoms with Crippen molar-refractivity contribution in [3.8, 4) is 23.1 Å². The number of benzene rings is 4. The highest BCUT2D eigenvalue weighted by Gasteiger charge is 2.17. The van der Waals surface area contributed by atoms with Gasteiger partial charge >= 0.3 is 0 Å². The second kappa shape index (κ2) is 12.0. The number of para-hydroxylation sites is 1. The highest BCUT2D eigenvalue weighted by atomic mass is 127. The van der Waals surface area contributed by atoms with Crippen molar-refractivity contribution in [2.45, 2.75) is 20.5 Å². The van der Waals surface area contributed by atoms with Crippen molar-refractivity contribution in [3.63, 3.8) is 0 Å². The number of ether oxygens (including phenoxy) is 2. The summed E-state index contributed by atoms with van der Waals surface area (Å²) in [5.41, 5.74) is 3.83. The van der Waals surface area contributed by atoms with Gasteiger partial charge in [0.1, 0.15) is 12.2 Å². The molecule has 0 spiro atoms. The molecule has 0 atom stereocenters. The lowest BCUT2D eigenvalue weighted by Crippen LogP contribution is -2.20. The van der Waals surface area contributed by atoms with Crippen molar-refractivity contribution in [3.05, 3.63) is 121 Å². The molecule has 0 N–H and O–H groups in total. The summed E-state index contributed by atoms with van der Waals surface area (Å²) in [7, 11) is 0. The van der Waals surface area contributed by atoms with Crippen molar-refractivity contribution in [1.82, 2.24) is 9.66 Å². The fourth-order valence-corrected chi connectivity index (χ4v) is 5.62. The summed E-state index contributed by atoms with van der Waals surface area (Å²) in [4.78, 5) is 18.4. The monoisotopic (exact) mass is 689 g/mol. The van der Waals surface area contributed by atoms with Crippen LogP contribution in [0.3, 0.4) is 0 Å². The SMILES string of the molecule is CCOc1cc(C=Nn2c(-c3cc4cc(Cl)ccc4o3)nc3ccccc3c2=O)cc(I)c1OCc1cccc(C)c1. The Hall–Kier alpha value is -4.15. The van der Waals surface area contributed by atoms with E-state index in [2.05, 4.69) is 46.7 Å². The Morgan fingerprint density at radius 2 is 1.88 bits per heavy atom. The van der Waals surface area contributed by atoms with Gasteiger partial charge in [0.15, 0.2) is 17.3 Å². The zero-order valence-electron chi connectivity index (χ0n) is 22.8. The second-order valence-electron chi connectivity index (χ2n) is 9.65. The standard InChI is InChI=1S/C33H25ClIN3O4/c1-3-40-29-15-22(14-26(35)31(29)41-19-21-8-6-7-20(2)13-21)18-36-38-32(37-27-10-5-4-9-25(27)33(38)39)30-17-23-16-24(34)11-12-28(23)42-30/h4-18H,3,19H2,1-2H3. The number of aromatic nitrogens is 2. The van der Waals surface area contributed by atoms with E-state index in [-0.39, 0.29) is 11.4 Å². The van der Waals surface area contributed by atoms with E-state index in [0.717, 1.165) is 20.1 Å². The van der Waals surface area contributed by atoms with Gasteiger partial charge in [-0.3, -0.25) is 4.79 Å². The first-order valence-electron chi connectivity index (χ1n) is 13.3. The summed E-state index contributed by atoms with van der Waals surface area (Å²) < 4.78 is 20.3. The quantitative estimate of drug-likeness (QED) is 0.119. The van der Waals surface area contributed by atoms with Gasteiger partial charge in [-0.15, -0.1) is 0 Å². The average Bonchev–Trinajstić information content (AvgIpc) is 3.39. The fourth-order valence-electron chi connectivity index (χ4n) is 4.66. The van der Waals surface area contributed by atoms with E-state index in [1.165, 1.54) is 10.2 Å². The molecule has 9 heteroatoms. The number of rotatable bonds is 8. The Morgan fingerprint density at radius 1 is 1.02 bits per heavy atom. The highest BCUT2D eigenvalue weighted by Crippen LogP contribution is 2.35. The molecule has 0 aliphatic rings. The molecule has 2 heterocycles. The molecular weight excluding hydrogens is 665 g/mol. The van der Waals surface area contributed by atoms with Crippen LogP contribution in [-0.2, 0) is 6.61 Å². The lowest BCUT2D eigenvalue weighted by molar-refractivity contribution is 0.267. The lowest BCUT2D eigenvalue weighted by Gasteiger charge is -2.15. The second-order valence-corrected chi connectivity index (χ2v) is 11.2. The molecule has 6 rings (SSSR count). The van der Waals surface area contributed by atoms with Crippen LogP contribution in [0.1, 0.15) is 23.6 Å². The molecule has 0 amide bonds. The molecule has 6 aromatic rings. The Morgan fingerprint density at radius 3 is 2.71 bits per heavy atom. The van der Waals surface area contributed by atoms with Crippen LogP contribution < -0.4 is 15.0 Å². The number of nitrogens with zero attached hydrogens (tertiary/aromatic N) is 3. The minimum absolute atomic E-state index is 0.278. The first-order chi connectivity index (χ1) is 20.4. The van der Waals surface area contributed by atoms with Gasteiger partial charge < -0.3 is 13.9 Å². The summed E-state index contributed by atoms with van der Waals surface area (Å²) >= 11 is 8.41. The van der Waals surface area contributed by atoms with Gasteiger partial charge in [-0.05, 0) is 96.1 Å². The zero-order valence-corrected chi connectivity index (χ0v) is 25.7. The van der Waals surface area contributed by atoms with Crippen molar-refractivity contribution in [1.29, 1.82) is 0 Å². The van der Waals surface area contributed by atoms with E-state index in [0.29, 0.717) is 52.0 Å². The molecule has 0 aliphatic heterocycles. The molecule has 42 heavy (non-hydrogen) atoms. The van der Waals surface area contributed by atoms with Crippen LogP contribution in [-0.4, -0.2) is 22.5 Å². The largest absolute Gasteiger partial charge is 0.490 e. The molecule has 0 saturated heterocycles. The predicted octanol–water partition coefficient (Wildman–Crippen LogP) is 8.24. The van der Waals surface area contributed by atoms with Gasteiger partial charge in [-0.2, -0.15) is 9.78 Å². The molecule has 4 aromatic carbocycles. The van der Waals surface area contributed by atoms with Gasteiger partial charge in [-0.25, -0.2) is 4.98 Å². The number of furan rings is 1. The fraction of sp³-hybridized carbons (Fsp3) is 0.121. The van der Waals surface area contributed by atoms with Crippen molar-refractivity contribution < 1.29 is 13.9 Å². The molecule has 0 saturated carbocycles. The minimum Gasteiger partial charge on any atom is -0.490 e. The Labute approximate surface area is 260 Å². The van der Waals surface area contributed by atoms with Crippen molar-refractivity contribution in [2.75, 3.05) is 6.61 Å². The molecule has 0 radical (unpaired) electrons. The van der Waals surface area contributed by atoms with Crippen LogP contribution in [0.4, 0.5) is 0 Å². The maximum atomic E-state index is 13.6. The molecule has 2 aromatic heterocycles. The van der Waals surface area contributed by atoms with Gasteiger partial charge in [0.25, 0.3) is 5.56 Å².